The molecule has 2 amide bonds. The number of urea groups is 1. The zero-order valence-corrected chi connectivity index (χ0v) is 12.9. The van der Waals surface area contributed by atoms with Crippen molar-refractivity contribution in [3.8, 4) is 17.2 Å². The topological polar surface area (TPSA) is 77.8 Å². The number of aromatic nitrogens is 1. The van der Waals surface area contributed by atoms with Crippen LogP contribution in [0, 0.1) is 18.3 Å². The van der Waals surface area contributed by atoms with Gasteiger partial charge in [0, 0.05) is 23.7 Å². The number of amides is 2. The second-order valence-corrected chi connectivity index (χ2v) is 5.50. The minimum atomic E-state index is -0.439. The standard InChI is InChI=1S/C18H16N4O/c1-11-6-7-20-10-16(11)13-4-3-5-14(8-13)17-15(9-19)12(2)21-18(23)22-17/h3-8,10,17H,1-2H3,(H2,21,22,23). The van der Waals surface area contributed by atoms with E-state index >= 15 is 0 Å². The van der Waals surface area contributed by atoms with Gasteiger partial charge in [-0.05, 0) is 42.7 Å². The summed E-state index contributed by atoms with van der Waals surface area (Å²) in [6.45, 7) is 3.76. The molecule has 1 aliphatic heterocycles. The van der Waals surface area contributed by atoms with Gasteiger partial charge >= 0.3 is 6.03 Å². The fraction of sp³-hybridized carbons (Fsp3) is 0.167. The zero-order chi connectivity index (χ0) is 16.4. The molecule has 114 valence electrons. The average Bonchev–Trinajstić information content (AvgIpc) is 2.55. The summed E-state index contributed by atoms with van der Waals surface area (Å²) in [5.41, 5.74) is 5.15. The van der Waals surface area contributed by atoms with Crippen molar-refractivity contribution in [2.24, 2.45) is 0 Å². The van der Waals surface area contributed by atoms with Gasteiger partial charge < -0.3 is 10.6 Å². The summed E-state index contributed by atoms with van der Waals surface area (Å²) in [5, 5.41) is 14.8. The molecule has 5 heteroatoms. The molecule has 0 fully saturated rings. The summed E-state index contributed by atoms with van der Waals surface area (Å²) in [4.78, 5) is 15.9. The minimum absolute atomic E-state index is 0.297. The fourth-order valence-electron chi connectivity index (χ4n) is 2.74. The predicted molar refractivity (Wildman–Crippen MR) is 87.1 cm³/mol. The van der Waals surface area contributed by atoms with Gasteiger partial charge in [0.15, 0.2) is 0 Å². The highest BCUT2D eigenvalue weighted by molar-refractivity contribution is 5.79. The predicted octanol–water partition coefficient (Wildman–Crippen LogP) is 3.21. The van der Waals surface area contributed by atoms with Gasteiger partial charge in [-0.3, -0.25) is 4.98 Å². The van der Waals surface area contributed by atoms with Crippen molar-refractivity contribution in [1.82, 2.24) is 15.6 Å². The highest BCUT2D eigenvalue weighted by atomic mass is 16.2. The van der Waals surface area contributed by atoms with Gasteiger partial charge in [-0.1, -0.05) is 18.2 Å². The molecule has 23 heavy (non-hydrogen) atoms. The molecular weight excluding hydrogens is 288 g/mol. The first-order valence-corrected chi connectivity index (χ1v) is 7.29. The van der Waals surface area contributed by atoms with E-state index in [0.717, 1.165) is 22.3 Å². The summed E-state index contributed by atoms with van der Waals surface area (Å²) < 4.78 is 0. The van der Waals surface area contributed by atoms with Crippen molar-refractivity contribution < 1.29 is 4.79 Å². The van der Waals surface area contributed by atoms with Crippen molar-refractivity contribution in [3.63, 3.8) is 0 Å². The van der Waals surface area contributed by atoms with Crippen LogP contribution in [0.25, 0.3) is 11.1 Å². The van der Waals surface area contributed by atoms with E-state index in [0.29, 0.717) is 11.3 Å². The number of hydrogen-bond donors (Lipinski definition) is 2. The van der Waals surface area contributed by atoms with Gasteiger partial charge in [-0.2, -0.15) is 5.26 Å². The molecule has 0 saturated heterocycles. The number of carbonyl (C=O) groups is 1. The quantitative estimate of drug-likeness (QED) is 0.894. The highest BCUT2D eigenvalue weighted by Crippen LogP contribution is 2.30. The number of aryl methyl sites for hydroxylation is 1. The number of nitrogens with zero attached hydrogens (tertiary/aromatic N) is 2. The lowest BCUT2D eigenvalue weighted by Gasteiger charge is -2.26. The van der Waals surface area contributed by atoms with E-state index < -0.39 is 6.04 Å². The first-order chi connectivity index (χ1) is 11.1. The molecule has 1 aromatic heterocycles. The number of nitriles is 1. The largest absolute Gasteiger partial charge is 0.326 e. The Labute approximate surface area is 134 Å². The van der Waals surface area contributed by atoms with E-state index in [1.54, 1.807) is 13.1 Å². The Morgan fingerprint density at radius 3 is 2.83 bits per heavy atom. The van der Waals surface area contributed by atoms with Crippen molar-refractivity contribution in [2.45, 2.75) is 19.9 Å². The maximum Gasteiger partial charge on any atom is 0.319 e. The minimum Gasteiger partial charge on any atom is -0.326 e. The molecule has 2 heterocycles. The smallest absolute Gasteiger partial charge is 0.319 e. The van der Waals surface area contributed by atoms with E-state index in [2.05, 4.69) is 21.7 Å². The summed E-state index contributed by atoms with van der Waals surface area (Å²) in [6.07, 6.45) is 3.58. The first-order valence-electron chi connectivity index (χ1n) is 7.29. The molecular formula is C18H16N4O. The number of carbonyl (C=O) groups excluding carboxylic acids is 1. The number of allylic oxidation sites excluding steroid dienone is 1. The van der Waals surface area contributed by atoms with Gasteiger partial charge in [0.2, 0.25) is 0 Å². The number of rotatable bonds is 2. The van der Waals surface area contributed by atoms with Gasteiger partial charge in [0.05, 0.1) is 17.7 Å². The number of hydrogen-bond acceptors (Lipinski definition) is 3. The fourth-order valence-corrected chi connectivity index (χ4v) is 2.74. The highest BCUT2D eigenvalue weighted by Gasteiger charge is 2.26. The maximum atomic E-state index is 11.8. The van der Waals surface area contributed by atoms with Crippen molar-refractivity contribution in [3.05, 3.63) is 65.1 Å². The molecule has 1 aliphatic rings. The molecule has 1 atom stereocenters. The number of nitrogens with one attached hydrogen (secondary N) is 2. The third-order valence-corrected chi connectivity index (χ3v) is 3.96. The van der Waals surface area contributed by atoms with Crippen LogP contribution in [0.2, 0.25) is 0 Å². The van der Waals surface area contributed by atoms with Crippen LogP contribution in [-0.2, 0) is 0 Å². The van der Waals surface area contributed by atoms with E-state index in [1.165, 1.54) is 0 Å². The third-order valence-electron chi connectivity index (χ3n) is 3.96. The van der Waals surface area contributed by atoms with Gasteiger partial charge in [-0.15, -0.1) is 0 Å². The van der Waals surface area contributed by atoms with Gasteiger partial charge in [-0.25, -0.2) is 4.79 Å². The molecule has 2 aromatic rings. The van der Waals surface area contributed by atoms with Crippen LogP contribution in [-0.4, -0.2) is 11.0 Å². The van der Waals surface area contributed by atoms with Crippen LogP contribution in [0.3, 0.4) is 0 Å². The Balaban J connectivity index is 2.07. The summed E-state index contributed by atoms with van der Waals surface area (Å²) in [7, 11) is 0. The SMILES string of the molecule is CC1=C(C#N)C(c2cccc(-c3cnccc3C)c2)NC(=O)N1. The van der Waals surface area contributed by atoms with Crippen LogP contribution >= 0.6 is 0 Å². The molecule has 1 unspecified atom stereocenters. The summed E-state index contributed by atoms with van der Waals surface area (Å²) >= 11 is 0. The van der Waals surface area contributed by atoms with Crippen molar-refractivity contribution in [1.29, 1.82) is 5.26 Å². The van der Waals surface area contributed by atoms with E-state index in [4.69, 9.17) is 0 Å². The van der Waals surface area contributed by atoms with Crippen molar-refractivity contribution >= 4 is 6.03 Å². The van der Waals surface area contributed by atoms with Crippen LogP contribution in [0.5, 0.6) is 0 Å². The summed E-state index contributed by atoms with van der Waals surface area (Å²) in [5.74, 6) is 0. The van der Waals surface area contributed by atoms with E-state index in [-0.39, 0.29) is 6.03 Å². The molecule has 1 aromatic carbocycles. The number of benzene rings is 1. The lowest BCUT2D eigenvalue weighted by molar-refractivity contribution is 0.239. The van der Waals surface area contributed by atoms with Crippen molar-refractivity contribution in [2.75, 3.05) is 0 Å². The second-order valence-electron chi connectivity index (χ2n) is 5.50. The molecule has 2 N–H and O–H groups in total. The van der Waals surface area contributed by atoms with E-state index in [9.17, 15) is 10.1 Å². The molecule has 3 rings (SSSR count). The number of pyridine rings is 1. The van der Waals surface area contributed by atoms with Crippen LogP contribution in [0.15, 0.2) is 54.0 Å². The Morgan fingerprint density at radius 1 is 1.26 bits per heavy atom. The average molecular weight is 304 g/mol. The van der Waals surface area contributed by atoms with Crippen LogP contribution in [0.1, 0.15) is 24.1 Å². The first kappa shape index (κ1) is 14.8. The monoisotopic (exact) mass is 304 g/mol. The second kappa shape index (κ2) is 5.93. The Hall–Kier alpha value is -3.13. The molecule has 0 saturated carbocycles. The maximum absolute atomic E-state index is 11.8. The molecule has 0 aliphatic carbocycles. The zero-order valence-electron chi connectivity index (χ0n) is 12.9. The lowest BCUT2D eigenvalue weighted by Crippen LogP contribution is -2.43. The van der Waals surface area contributed by atoms with E-state index in [1.807, 2.05) is 43.5 Å². The molecule has 0 bridgehead atoms. The van der Waals surface area contributed by atoms with Crippen LogP contribution < -0.4 is 10.6 Å². The van der Waals surface area contributed by atoms with Crippen LogP contribution in [0.4, 0.5) is 4.79 Å². The summed E-state index contributed by atoms with van der Waals surface area (Å²) in [6, 6.07) is 11.2. The Bertz CT molecular complexity index is 848. The Kier molecular flexibility index (Phi) is 3.82. The molecule has 0 radical (unpaired) electrons. The van der Waals surface area contributed by atoms with Gasteiger partial charge in [0.25, 0.3) is 0 Å². The van der Waals surface area contributed by atoms with Gasteiger partial charge in [0.1, 0.15) is 0 Å². The molecule has 0 spiro atoms. The Morgan fingerprint density at radius 2 is 2.09 bits per heavy atom. The molecule has 5 nitrogen and oxygen atoms in total. The normalized spacial score (nSPS) is 17.3. The third kappa shape index (κ3) is 2.79. The lowest BCUT2D eigenvalue weighted by atomic mass is 9.93.